The molecule has 0 radical (unpaired) electrons. The predicted molar refractivity (Wildman–Crippen MR) is 139 cm³/mol. The first-order valence-electron chi connectivity index (χ1n) is 12.5. The first-order valence-corrected chi connectivity index (χ1v) is 12.5. The number of alkyl halides is 3. The van der Waals surface area contributed by atoms with Crippen molar-refractivity contribution in [3.63, 3.8) is 0 Å². The molecule has 0 saturated carbocycles. The molecule has 37 heavy (non-hydrogen) atoms. The van der Waals surface area contributed by atoms with E-state index in [2.05, 4.69) is 28.9 Å². The number of ether oxygens (including phenoxy) is 1. The van der Waals surface area contributed by atoms with Crippen LogP contribution in [0.15, 0.2) is 78.9 Å². The number of anilines is 1. The zero-order valence-corrected chi connectivity index (χ0v) is 21.0. The Balaban J connectivity index is 1.22. The Labute approximate surface area is 216 Å². The van der Waals surface area contributed by atoms with E-state index in [1.54, 1.807) is 12.1 Å². The number of carbonyl (C=O) groups excluding carboxylic acids is 1. The van der Waals surface area contributed by atoms with E-state index in [9.17, 15) is 18.0 Å². The second-order valence-corrected chi connectivity index (χ2v) is 9.05. The molecule has 0 bridgehead atoms. The van der Waals surface area contributed by atoms with Gasteiger partial charge in [0.15, 0.2) is 0 Å². The maximum absolute atomic E-state index is 13.0. The Kier molecular flexibility index (Phi) is 8.71. The molecular weight excluding hydrogens is 479 g/mol. The molecule has 0 aromatic heterocycles. The van der Waals surface area contributed by atoms with Gasteiger partial charge < -0.3 is 14.5 Å². The van der Waals surface area contributed by atoms with E-state index in [1.165, 1.54) is 12.1 Å². The highest BCUT2D eigenvalue weighted by Gasteiger charge is 2.30. The molecule has 3 aromatic rings. The van der Waals surface area contributed by atoms with Crippen LogP contribution in [0.25, 0.3) is 0 Å². The molecule has 1 fully saturated rings. The van der Waals surface area contributed by atoms with Gasteiger partial charge in [-0.25, -0.2) is 0 Å². The molecule has 8 heteroatoms. The first-order chi connectivity index (χ1) is 17.8. The van der Waals surface area contributed by atoms with Gasteiger partial charge in [0.2, 0.25) is 0 Å². The molecule has 1 aliphatic heterocycles. The molecule has 0 N–H and O–H groups in total. The van der Waals surface area contributed by atoms with Crippen LogP contribution in [-0.2, 0) is 12.7 Å². The molecule has 1 saturated heterocycles. The molecule has 0 aliphatic carbocycles. The van der Waals surface area contributed by atoms with Crippen LogP contribution in [0.4, 0.5) is 18.9 Å². The Morgan fingerprint density at radius 2 is 1.54 bits per heavy atom. The van der Waals surface area contributed by atoms with Crippen molar-refractivity contribution in [3.05, 3.63) is 95.6 Å². The van der Waals surface area contributed by atoms with Crippen molar-refractivity contribution in [2.75, 3.05) is 50.8 Å². The summed E-state index contributed by atoms with van der Waals surface area (Å²) in [6.45, 7) is 7.35. The molecule has 0 spiro atoms. The molecule has 0 unspecified atom stereocenters. The fourth-order valence-electron chi connectivity index (χ4n) is 4.43. The summed E-state index contributed by atoms with van der Waals surface area (Å²) in [6.07, 6.45) is -4.33. The number of likely N-dealkylation sites (N-methyl/N-ethyl adjacent to an activating group) is 1. The molecule has 0 atom stereocenters. The van der Waals surface area contributed by atoms with Crippen LogP contribution in [0.5, 0.6) is 5.75 Å². The van der Waals surface area contributed by atoms with Gasteiger partial charge in [0, 0.05) is 50.5 Å². The summed E-state index contributed by atoms with van der Waals surface area (Å²) in [5, 5.41) is 0. The quantitative estimate of drug-likeness (QED) is 0.377. The van der Waals surface area contributed by atoms with Gasteiger partial charge >= 0.3 is 6.18 Å². The van der Waals surface area contributed by atoms with Crippen molar-refractivity contribution < 1.29 is 22.7 Å². The minimum absolute atomic E-state index is 0.0260. The van der Waals surface area contributed by atoms with Crippen molar-refractivity contribution in [2.45, 2.75) is 19.6 Å². The van der Waals surface area contributed by atoms with Gasteiger partial charge in [-0.1, -0.05) is 30.3 Å². The summed E-state index contributed by atoms with van der Waals surface area (Å²) in [5.41, 5.74) is 1.96. The van der Waals surface area contributed by atoms with Gasteiger partial charge in [-0.15, -0.1) is 0 Å². The number of nitrogens with zero attached hydrogens (tertiary/aromatic N) is 3. The third-order valence-electron chi connectivity index (χ3n) is 6.58. The van der Waals surface area contributed by atoms with Crippen LogP contribution in [0.3, 0.4) is 0 Å². The molecule has 5 nitrogen and oxygen atoms in total. The van der Waals surface area contributed by atoms with E-state index in [-0.39, 0.29) is 5.91 Å². The van der Waals surface area contributed by atoms with Crippen LogP contribution in [0.1, 0.15) is 28.4 Å². The predicted octanol–water partition coefficient (Wildman–Crippen LogP) is 5.57. The van der Waals surface area contributed by atoms with Crippen molar-refractivity contribution >= 4 is 11.6 Å². The van der Waals surface area contributed by atoms with Crippen molar-refractivity contribution in [1.29, 1.82) is 0 Å². The largest absolute Gasteiger partial charge is 0.492 e. The van der Waals surface area contributed by atoms with Crippen LogP contribution in [0.2, 0.25) is 0 Å². The van der Waals surface area contributed by atoms with E-state index in [4.69, 9.17) is 4.74 Å². The highest BCUT2D eigenvalue weighted by atomic mass is 19.4. The molecule has 1 heterocycles. The monoisotopic (exact) mass is 511 g/mol. The summed E-state index contributed by atoms with van der Waals surface area (Å²) in [7, 11) is 0. The lowest BCUT2D eigenvalue weighted by Gasteiger charge is -2.34. The third-order valence-corrected chi connectivity index (χ3v) is 6.58. The van der Waals surface area contributed by atoms with Crippen LogP contribution in [0, 0.1) is 0 Å². The van der Waals surface area contributed by atoms with Gasteiger partial charge in [-0.2, -0.15) is 13.2 Å². The second-order valence-electron chi connectivity index (χ2n) is 9.05. The highest BCUT2D eigenvalue weighted by Crippen LogP contribution is 2.29. The summed E-state index contributed by atoms with van der Waals surface area (Å²) in [6, 6.07) is 22.7. The van der Waals surface area contributed by atoms with Crippen LogP contribution < -0.4 is 9.64 Å². The zero-order chi connectivity index (χ0) is 26.3. The summed E-state index contributed by atoms with van der Waals surface area (Å²) in [5.74, 6) is 0.698. The number of hydrogen-bond donors (Lipinski definition) is 0. The maximum atomic E-state index is 13.0. The Hall–Kier alpha value is -3.52. The van der Waals surface area contributed by atoms with E-state index in [0.717, 1.165) is 42.2 Å². The van der Waals surface area contributed by atoms with Crippen LogP contribution >= 0.6 is 0 Å². The van der Waals surface area contributed by atoms with Gasteiger partial charge in [0.1, 0.15) is 12.4 Å². The van der Waals surface area contributed by atoms with E-state index in [0.29, 0.717) is 44.9 Å². The molecule has 196 valence electrons. The Morgan fingerprint density at radius 3 is 2.14 bits per heavy atom. The number of rotatable bonds is 9. The number of carbonyl (C=O) groups is 1. The number of para-hydroxylation sites is 1. The smallest absolute Gasteiger partial charge is 0.416 e. The van der Waals surface area contributed by atoms with Gasteiger partial charge in [-0.05, 0) is 61.0 Å². The van der Waals surface area contributed by atoms with Gasteiger partial charge in [0.25, 0.3) is 5.91 Å². The standard InChI is InChI=1S/C29H32F3N3O2/c1-2-34(26-6-4-3-5-7-26)20-21-37-27-14-10-24(11-15-27)28(36)35-18-16-33(17-19-35)22-23-8-12-25(13-9-23)29(30,31)32/h3-15H,2,16-22H2,1H3. The zero-order valence-electron chi connectivity index (χ0n) is 21.0. The lowest BCUT2D eigenvalue weighted by atomic mass is 10.1. The van der Waals surface area contributed by atoms with Gasteiger partial charge in [-0.3, -0.25) is 9.69 Å². The van der Waals surface area contributed by atoms with E-state index in [1.807, 2.05) is 35.2 Å². The number of benzene rings is 3. The molecule has 1 aliphatic rings. The Bertz CT molecular complexity index is 1130. The third kappa shape index (κ3) is 7.26. The normalized spacial score (nSPS) is 14.4. The fourth-order valence-corrected chi connectivity index (χ4v) is 4.43. The topological polar surface area (TPSA) is 36.0 Å². The van der Waals surface area contributed by atoms with Crippen LogP contribution in [-0.4, -0.2) is 61.6 Å². The number of hydrogen-bond acceptors (Lipinski definition) is 4. The average molecular weight is 512 g/mol. The number of halogens is 3. The summed E-state index contributed by atoms with van der Waals surface area (Å²) < 4.78 is 44.2. The minimum atomic E-state index is -4.33. The highest BCUT2D eigenvalue weighted by molar-refractivity contribution is 5.94. The molecule has 1 amide bonds. The van der Waals surface area contributed by atoms with Crippen molar-refractivity contribution in [1.82, 2.24) is 9.80 Å². The molecular formula is C29H32F3N3O2. The SMILES string of the molecule is CCN(CCOc1ccc(C(=O)N2CCN(Cc3ccc(C(F)(F)F)cc3)CC2)cc1)c1ccccc1. The average Bonchev–Trinajstić information content (AvgIpc) is 2.92. The van der Waals surface area contributed by atoms with E-state index >= 15 is 0 Å². The second kappa shape index (κ2) is 12.1. The molecule has 4 rings (SSSR count). The number of amides is 1. The minimum Gasteiger partial charge on any atom is -0.492 e. The van der Waals surface area contributed by atoms with Gasteiger partial charge in [0.05, 0.1) is 12.1 Å². The fraction of sp³-hybridized carbons (Fsp3) is 0.345. The Morgan fingerprint density at radius 1 is 0.892 bits per heavy atom. The lowest BCUT2D eigenvalue weighted by Crippen LogP contribution is -2.48. The maximum Gasteiger partial charge on any atom is 0.416 e. The first kappa shape index (κ1) is 26.5. The van der Waals surface area contributed by atoms with Crippen molar-refractivity contribution in [2.24, 2.45) is 0 Å². The number of piperazine rings is 1. The molecule has 3 aromatic carbocycles. The summed E-state index contributed by atoms with van der Waals surface area (Å²) >= 11 is 0. The van der Waals surface area contributed by atoms with Crippen molar-refractivity contribution in [3.8, 4) is 5.75 Å². The van der Waals surface area contributed by atoms with E-state index < -0.39 is 11.7 Å². The lowest BCUT2D eigenvalue weighted by molar-refractivity contribution is -0.137. The summed E-state index contributed by atoms with van der Waals surface area (Å²) in [4.78, 5) is 19.2.